The highest BCUT2D eigenvalue weighted by Crippen LogP contribution is 2.20. The highest BCUT2D eigenvalue weighted by atomic mass is 32.1. The third-order valence-electron chi connectivity index (χ3n) is 5.26. The van der Waals surface area contributed by atoms with Crippen molar-refractivity contribution in [2.45, 2.75) is 32.5 Å². The Morgan fingerprint density at radius 1 is 1.07 bits per heavy atom. The number of fused-ring (bicyclic) bond motifs is 1. The fraction of sp³-hybridized carbons (Fsp3) is 0.250. The normalized spacial score (nSPS) is 12.4. The van der Waals surface area contributed by atoms with Crippen molar-refractivity contribution in [1.29, 1.82) is 0 Å². The number of ether oxygens (including phenoxy) is 1. The lowest BCUT2D eigenvalue weighted by atomic mass is 10.1. The van der Waals surface area contributed by atoms with Crippen LogP contribution in [0.3, 0.4) is 0 Å². The molecule has 30 heavy (non-hydrogen) atoms. The number of nitrogens with one attached hydrogen (secondary N) is 1. The molecule has 0 aliphatic rings. The summed E-state index contributed by atoms with van der Waals surface area (Å²) in [5.41, 5.74) is 1.83. The summed E-state index contributed by atoms with van der Waals surface area (Å²) in [7, 11) is 1.67. The number of para-hydroxylation sites is 1. The van der Waals surface area contributed by atoms with E-state index in [1.807, 2.05) is 30.3 Å². The average molecular weight is 420 g/mol. The van der Waals surface area contributed by atoms with Crippen molar-refractivity contribution < 1.29 is 4.74 Å². The zero-order valence-electron chi connectivity index (χ0n) is 17.2. The lowest BCUT2D eigenvalue weighted by Gasteiger charge is -2.28. The molecule has 0 bridgehead atoms. The number of hydrogen-bond donors (Lipinski definition) is 1. The quantitative estimate of drug-likeness (QED) is 0.453. The second-order valence-corrected chi connectivity index (χ2v) is 8.45. The van der Waals surface area contributed by atoms with Crippen molar-refractivity contribution >= 4 is 22.2 Å². The maximum atomic E-state index is 12.5. The molecule has 0 saturated carbocycles. The number of aromatic amines is 1. The second kappa shape index (κ2) is 9.24. The molecule has 1 unspecified atom stereocenters. The van der Waals surface area contributed by atoms with Crippen molar-refractivity contribution in [3.63, 3.8) is 0 Å². The molecule has 0 fully saturated rings. The van der Waals surface area contributed by atoms with E-state index < -0.39 is 0 Å². The van der Waals surface area contributed by atoms with Crippen molar-refractivity contribution in [3.05, 3.63) is 92.7 Å². The topological polar surface area (TPSA) is 58.2 Å². The Labute approximate surface area is 180 Å². The van der Waals surface area contributed by atoms with E-state index >= 15 is 0 Å². The summed E-state index contributed by atoms with van der Waals surface area (Å²) < 4.78 is 5.28. The number of methoxy groups -OCH3 is 1. The fourth-order valence-electron chi connectivity index (χ4n) is 3.58. The molecule has 2 aromatic carbocycles. The van der Waals surface area contributed by atoms with Crippen LogP contribution in [-0.2, 0) is 19.5 Å². The van der Waals surface area contributed by atoms with E-state index in [1.54, 1.807) is 24.5 Å². The van der Waals surface area contributed by atoms with E-state index in [4.69, 9.17) is 9.72 Å². The van der Waals surface area contributed by atoms with Gasteiger partial charge in [0.25, 0.3) is 5.56 Å². The molecular formula is C24H25N3O2S. The van der Waals surface area contributed by atoms with E-state index in [2.05, 4.69) is 46.5 Å². The number of thiophene rings is 1. The van der Waals surface area contributed by atoms with Crippen molar-refractivity contribution in [2.24, 2.45) is 0 Å². The molecule has 2 heterocycles. The molecular weight excluding hydrogens is 394 g/mol. The predicted molar refractivity (Wildman–Crippen MR) is 122 cm³/mol. The van der Waals surface area contributed by atoms with Gasteiger partial charge in [0.1, 0.15) is 11.6 Å². The Hall–Kier alpha value is -2.96. The van der Waals surface area contributed by atoms with Gasteiger partial charge in [-0.25, -0.2) is 4.98 Å². The van der Waals surface area contributed by atoms with Crippen molar-refractivity contribution in [2.75, 3.05) is 7.11 Å². The smallest absolute Gasteiger partial charge is 0.258 e. The molecule has 0 radical (unpaired) electrons. The zero-order valence-corrected chi connectivity index (χ0v) is 18.0. The maximum absolute atomic E-state index is 12.5. The number of hydrogen-bond acceptors (Lipinski definition) is 5. The second-order valence-electron chi connectivity index (χ2n) is 7.42. The van der Waals surface area contributed by atoms with Crippen LogP contribution in [0.25, 0.3) is 10.9 Å². The van der Waals surface area contributed by atoms with Crippen LogP contribution in [0.1, 0.15) is 23.2 Å². The Morgan fingerprint density at radius 2 is 1.87 bits per heavy atom. The molecule has 4 aromatic rings. The van der Waals surface area contributed by atoms with Gasteiger partial charge in [-0.2, -0.15) is 0 Å². The lowest BCUT2D eigenvalue weighted by molar-refractivity contribution is 0.185. The van der Waals surface area contributed by atoms with Gasteiger partial charge in [-0.3, -0.25) is 9.69 Å². The molecule has 0 spiro atoms. The van der Waals surface area contributed by atoms with Crippen LogP contribution in [0, 0.1) is 0 Å². The molecule has 5 nitrogen and oxygen atoms in total. The Balaban J connectivity index is 1.61. The van der Waals surface area contributed by atoms with Crippen LogP contribution in [0.5, 0.6) is 5.75 Å². The zero-order chi connectivity index (χ0) is 20.9. The van der Waals surface area contributed by atoms with Gasteiger partial charge in [0.15, 0.2) is 0 Å². The van der Waals surface area contributed by atoms with E-state index in [9.17, 15) is 4.79 Å². The first-order valence-corrected chi connectivity index (χ1v) is 10.9. The Morgan fingerprint density at radius 3 is 2.60 bits per heavy atom. The van der Waals surface area contributed by atoms with Crippen LogP contribution >= 0.6 is 11.3 Å². The van der Waals surface area contributed by atoms with E-state index in [1.165, 1.54) is 10.4 Å². The van der Waals surface area contributed by atoms with Crippen molar-refractivity contribution in [3.8, 4) is 5.75 Å². The van der Waals surface area contributed by atoms with E-state index in [0.29, 0.717) is 17.8 Å². The van der Waals surface area contributed by atoms with Gasteiger partial charge >= 0.3 is 0 Å². The third-order valence-corrected chi connectivity index (χ3v) is 6.16. The summed E-state index contributed by atoms with van der Waals surface area (Å²) in [6, 6.07) is 20.1. The number of H-pyrrole nitrogens is 1. The number of nitrogens with zero attached hydrogens (tertiary/aromatic N) is 2. The minimum Gasteiger partial charge on any atom is -0.497 e. The first kappa shape index (κ1) is 20.3. The first-order chi connectivity index (χ1) is 14.6. The van der Waals surface area contributed by atoms with Gasteiger partial charge in [0, 0.05) is 17.5 Å². The molecule has 0 aliphatic heterocycles. The lowest BCUT2D eigenvalue weighted by Crippen LogP contribution is -2.34. The van der Waals surface area contributed by atoms with Gasteiger partial charge in [-0.05, 0) is 54.6 Å². The maximum Gasteiger partial charge on any atom is 0.258 e. The van der Waals surface area contributed by atoms with Gasteiger partial charge in [-0.1, -0.05) is 30.3 Å². The van der Waals surface area contributed by atoms with Crippen LogP contribution in [0.4, 0.5) is 0 Å². The highest BCUT2D eigenvalue weighted by molar-refractivity contribution is 7.09. The molecule has 0 amide bonds. The molecule has 1 atom stereocenters. The summed E-state index contributed by atoms with van der Waals surface area (Å²) in [6.07, 6.45) is 0.950. The van der Waals surface area contributed by atoms with Gasteiger partial charge in [0.2, 0.25) is 0 Å². The fourth-order valence-corrected chi connectivity index (χ4v) is 4.41. The van der Waals surface area contributed by atoms with Gasteiger partial charge in [-0.15, -0.1) is 11.3 Å². The molecule has 0 saturated heterocycles. The van der Waals surface area contributed by atoms with Crippen LogP contribution < -0.4 is 10.3 Å². The first-order valence-electron chi connectivity index (χ1n) is 9.99. The largest absolute Gasteiger partial charge is 0.497 e. The SMILES string of the molecule is COc1ccc(CN(Cc2nc3ccccc3c(=O)[nH]2)C(C)Cc2cccs2)cc1. The van der Waals surface area contributed by atoms with Gasteiger partial charge in [0.05, 0.1) is 24.6 Å². The number of aromatic nitrogens is 2. The minimum absolute atomic E-state index is 0.0918. The van der Waals surface area contributed by atoms with Crippen LogP contribution in [-0.4, -0.2) is 28.0 Å². The number of rotatable bonds is 8. The highest BCUT2D eigenvalue weighted by Gasteiger charge is 2.18. The Bertz CT molecular complexity index is 1150. The number of benzene rings is 2. The van der Waals surface area contributed by atoms with Gasteiger partial charge < -0.3 is 9.72 Å². The molecule has 2 aromatic heterocycles. The monoisotopic (exact) mass is 419 g/mol. The summed E-state index contributed by atoms with van der Waals surface area (Å²) in [4.78, 5) is 23.9. The predicted octanol–water partition coefficient (Wildman–Crippen LogP) is 4.63. The summed E-state index contributed by atoms with van der Waals surface area (Å²) in [5, 5.41) is 2.73. The third kappa shape index (κ3) is 4.78. The summed E-state index contributed by atoms with van der Waals surface area (Å²) >= 11 is 1.77. The van der Waals surface area contributed by atoms with E-state index in [0.717, 1.165) is 24.2 Å². The molecule has 1 N–H and O–H groups in total. The molecule has 4 rings (SSSR count). The Kier molecular flexibility index (Phi) is 6.26. The summed E-state index contributed by atoms with van der Waals surface area (Å²) in [6.45, 7) is 3.55. The van der Waals surface area contributed by atoms with Crippen LogP contribution in [0.15, 0.2) is 70.8 Å². The standard InChI is InChI=1S/C24H25N3O2S/c1-17(14-20-6-5-13-30-20)27(15-18-9-11-19(29-2)12-10-18)16-23-25-22-8-4-3-7-21(22)24(28)26-23/h3-13,17H,14-16H2,1-2H3,(H,25,26,28). The summed E-state index contributed by atoms with van der Waals surface area (Å²) in [5.74, 6) is 1.53. The minimum atomic E-state index is -0.0918. The molecule has 154 valence electrons. The average Bonchev–Trinajstić information content (AvgIpc) is 3.27. The molecule has 6 heteroatoms. The van der Waals surface area contributed by atoms with Crippen LogP contribution in [0.2, 0.25) is 0 Å². The van der Waals surface area contributed by atoms with E-state index in [-0.39, 0.29) is 11.6 Å². The van der Waals surface area contributed by atoms with Crippen molar-refractivity contribution in [1.82, 2.24) is 14.9 Å². The molecule has 0 aliphatic carbocycles.